The molecule has 0 bridgehead atoms. The van der Waals surface area contributed by atoms with E-state index in [-0.39, 0.29) is 5.82 Å². The van der Waals surface area contributed by atoms with Crippen LogP contribution in [0.15, 0.2) is 30.3 Å². The molecule has 0 saturated heterocycles. The summed E-state index contributed by atoms with van der Waals surface area (Å²) in [5.74, 6) is 1.94. The fraction of sp³-hybridized carbons (Fsp3) is 0.286. The van der Waals surface area contributed by atoms with Crippen molar-refractivity contribution in [2.75, 3.05) is 17.7 Å². The third-order valence-corrected chi connectivity index (χ3v) is 3.25. The van der Waals surface area contributed by atoms with Crippen LogP contribution in [0, 0.1) is 5.82 Å². The molecular weight excluding hydrogens is 243 g/mol. The van der Waals surface area contributed by atoms with Gasteiger partial charge in [-0.25, -0.2) is 14.4 Å². The summed E-state index contributed by atoms with van der Waals surface area (Å²) < 4.78 is 13.8. The highest BCUT2D eigenvalue weighted by Gasteiger charge is 2.27. The molecule has 1 aromatic carbocycles. The minimum absolute atomic E-state index is 0.282. The average molecular weight is 258 g/mol. The summed E-state index contributed by atoms with van der Waals surface area (Å²) in [4.78, 5) is 10.4. The van der Waals surface area contributed by atoms with Gasteiger partial charge >= 0.3 is 0 Å². The molecule has 0 amide bonds. The van der Waals surface area contributed by atoms with Crippen molar-refractivity contribution in [2.24, 2.45) is 0 Å². The first-order valence-electron chi connectivity index (χ1n) is 6.28. The zero-order valence-corrected chi connectivity index (χ0v) is 10.7. The van der Waals surface area contributed by atoms with E-state index in [0.29, 0.717) is 23.2 Å². The molecule has 2 N–H and O–H groups in total. The largest absolute Gasteiger partial charge is 0.384 e. The van der Waals surface area contributed by atoms with Crippen molar-refractivity contribution in [1.29, 1.82) is 0 Å². The van der Waals surface area contributed by atoms with Crippen molar-refractivity contribution in [3.05, 3.63) is 42.0 Å². The number of para-hydroxylation sites is 1. The monoisotopic (exact) mass is 258 g/mol. The average Bonchev–Trinajstić information content (AvgIpc) is 3.22. The van der Waals surface area contributed by atoms with Crippen LogP contribution in [0.25, 0.3) is 0 Å². The summed E-state index contributed by atoms with van der Waals surface area (Å²) in [5.41, 5.74) is 6.28. The van der Waals surface area contributed by atoms with Crippen LogP contribution in [0.5, 0.6) is 0 Å². The number of halogens is 1. The molecule has 98 valence electrons. The molecule has 19 heavy (non-hydrogen) atoms. The Morgan fingerprint density at radius 1 is 1.26 bits per heavy atom. The molecule has 2 aromatic rings. The topological polar surface area (TPSA) is 55.0 Å². The molecule has 5 heteroatoms. The summed E-state index contributed by atoms with van der Waals surface area (Å²) in [7, 11) is 1.77. The summed E-state index contributed by atoms with van der Waals surface area (Å²) in [5, 5.41) is 0. The van der Waals surface area contributed by atoms with Gasteiger partial charge in [0.1, 0.15) is 23.3 Å². The van der Waals surface area contributed by atoms with E-state index in [0.717, 1.165) is 18.7 Å². The minimum Gasteiger partial charge on any atom is -0.384 e. The molecule has 1 fully saturated rings. The van der Waals surface area contributed by atoms with Gasteiger partial charge in [0.05, 0.1) is 5.69 Å². The van der Waals surface area contributed by atoms with E-state index in [1.165, 1.54) is 6.07 Å². The molecule has 1 aliphatic rings. The van der Waals surface area contributed by atoms with Gasteiger partial charge < -0.3 is 10.6 Å². The van der Waals surface area contributed by atoms with E-state index >= 15 is 0 Å². The van der Waals surface area contributed by atoms with Gasteiger partial charge in [-0.2, -0.15) is 0 Å². The lowest BCUT2D eigenvalue weighted by molar-refractivity contribution is 0.627. The Kier molecular flexibility index (Phi) is 2.81. The van der Waals surface area contributed by atoms with Crippen molar-refractivity contribution in [1.82, 2.24) is 9.97 Å². The van der Waals surface area contributed by atoms with E-state index in [4.69, 9.17) is 5.73 Å². The molecular formula is C14H15FN4. The van der Waals surface area contributed by atoms with Gasteiger partial charge in [0.15, 0.2) is 0 Å². The van der Waals surface area contributed by atoms with Crippen molar-refractivity contribution >= 4 is 17.3 Å². The number of nitrogen functional groups attached to an aromatic ring is 1. The molecule has 0 spiro atoms. The maximum atomic E-state index is 13.8. The number of nitrogens with zero attached hydrogens (tertiary/aromatic N) is 3. The number of anilines is 3. The smallest absolute Gasteiger partial charge is 0.146 e. The summed E-state index contributed by atoms with van der Waals surface area (Å²) in [6.07, 6.45) is 2.21. The Morgan fingerprint density at radius 2 is 2.00 bits per heavy atom. The maximum absolute atomic E-state index is 13.8. The van der Waals surface area contributed by atoms with Crippen LogP contribution in [-0.2, 0) is 0 Å². The zero-order valence-electron chi connectivity index (χ0n) is 10.7. The second-order valence-corrected chi connectivity index (χ2v) is 4.79. The third kappa shape index (κ3) is 2.36. The molecule has 0 atom stereocenters. The highest BCUT2D eigenvalue weighted by atomic mass is 19.1. The number of nitrogens with two attached hydrogens (primary N) is 1. The fourth-order valence-electron chi connectivity index (χ4n) is 2.01. The van der Waals surface area contributed by atoms with Gasteiger partial charge in [0, 0.05) is 19.0 Å². The molecule has 3 rings (SSSR count). The molecule has 0 aliphatic heterocycles. The molecule has 0 radical (unpaired) electrons. The van der Waals surface area contributed by atoms with Gasteiger partial charge in [-0.15, -0.1) is 0 Å². The van der Waals surface area contributed by atoms with Crippen LogP contribution in [0.4, 0.5) is 21.7 Å². The molecule has 1 heterocycles. The predicted molar refractivity (Wildman–Crippen MR) is 72.9 cm³/mol. The van der Waals surface area contributed by atoms with Crippen LogP contribution in [0.3, 0.4) is 0 Å². The van der Waals surface area contributed by atoms with Crippen LogP contribution >= 0.6 is 0 Å². The molecule has 1 aliphatic carbocycles. The molecule has 1 saturated carbocycles. The van der Waals surface area contributed by atoms with Crippen molar-refractivity contribution < 1.29 is 4.39 Å². The van der Waals surface area contributed by atoms with Gasteiger partial charge in [0.2, 0.25) is 0 Å². The molecule has 4 nitrogen and oxygen atoms in total. The van der Waals surface area contributed by atoms with E-state index in [9.17, 15) is 4.39 Å². The number of hydrogen-bond donors (Lipinski definition) is 1. The number of rotatable bonds is 3. The SMILES string of the molecule is CN(c1cc(N)nc(C2CC2)n1)c1ccccc1F. The number of hydrogen-bond acceptors (Lipinski definition) is 4. The fourth-order valence-corrected chi connectivity index (χ4v) is 2.01. The van der Waals surface area contributed by atoms with E-state index in [2.05, 4.69) is 9.97 Å². The van der Waals surface area contributed by atoms with Crippen LogP contribution < -0.4 is 10.6 Å². The van der Waals surface area contributed by atoms with Crippen molar-refractivity contribution in [3.63, 3.8) is 0 Å². The van der Waals surface area contributed by atoms with Crippen molar-refractivity contribution in [2.45, 2.75) is 18.8 Å². The highest BCUT2D eigenvalue weighted by molar-refractivity contribution is 5.61. The lowest BCUT2D eigenvalue weighted by Gasteiger charge is -2.19. The Balaban J connectivity index is 1.99. The number of aromatic nitrogens is 2. The second kappa shape index (κ2) is 4.50. The Hall–Kier alpha value is -2.17. The van der Waals surface area contributed by atoms with Crippen LogP contribution in [0.2, 0.25) is 0 Å². The highest BCUT2D eigenvalue weighted by Crippen LogP contribution is 2.39. The Bertz CT molecular complexity index is 610. The Labute approximate surface area is 111 Å². The normalized spacial score (nSPS) is 14.4. The first-order valence-corrected chi connectivity index (χ1v) is 6.28. The molecule has 1 aromatic heterocycles. The van der Waals surface area contributed by atoms with Crippen molar-refractivity contribution in [3.8, 4) is 0 Å². The zero-order chi connectivity index (χ0) is 13.4. The van der Waals surface area contributed by atoms with E-state index in [1.807, 2.05) is 0 Å². The standard InChI is InChI=1S/C14H15FN4/c1-19(11-5-3-2-4-10(11)15)13-8-12(16)17-14(18-13)9-6-7-9/h2-5,8-9H,6-7H2,1H3,(H2,16,17,18). The third-order valence-electron chi connectivity index (χ3n) is 3.25. The summed E-state index contributed by atoms with van der Waals surface area (Å²) in [6, 6.07) is 8.26. The first kappa shape index (κ1) is 11.9. The van der Waals surface area contributed by atoms with Crippen LogP contribution in [-0.4, -0.2) is 17.0 Å². The van der Waals surface area contributed by atoms with Gasteiger partial charge in [-0.05, 0) is 25.0 Å². The summed E-state index contributed by atoms with van der Waals surface area (Å²) >= 11 is 0. The lowest BCUT2D eigenvalue weighted by Crippen LogP contribution is -2.14. The van der Waals surface area contributed by atoms with Gasteiger partial charge in [0.25, 0.3) is 0 Å². The number of benzene rings is 1. The quantitative estimate of drug-likeness (QED) is 0.919. The van der Waals surface area contributed by atoms with E-state index in [1.54, 1.807) is 36.2 Å². The Morgan fingerprint density at radius 3 is 2.68 bits per heavy atom. The van der Waals surface area contributed by atoms with E-state index < -0.39 is 0 Å². The first-order chi connectivity index (χ1) is 9.15. The van der Waals surface area contributed by atoms with Gasteiger partial charge in [-0.3, -0.25) is 0 Å². The molecule has 0 unspecified atom stereocenters. The lowest BCUT2D eigenvalue weighted by atomic mass is 10.3. The van der Waals surface area contributed by atoms with Crippen LogP contribution in [0.1, 0.15) is 24.6 Å². The predicted octanol–water partition coefficient (Wildman–Crippen LogP) is 2.84. The van der Waals surface area contributed by atoms with Gasteiger partial charge in [-0.1, -0.05) is 12.1 Å². The summed E-state index contributed by atoms with van der Waals surface area (Å²) in [6.45, 7) is 0. The minimum atomic E-state index is -0.282. The maximum Gasteiger partial charge on any atom is 0.146 e. The second-order valence-electron chi connectivity index (χ2n) is 4.79.